The van der Waals surface area contributed by atoms with Crippen LogP contribution in [0.1, 0.15) is 51.4 Å². The van der Waals surface area contributed by atoms with Crippen molar-refractivity contribution >= 4 is 5.91 Å². The molecule has 22 heavy (non-hydrogen) atoms. The molecule has 0 aromatic carbocycles. The molecule has 0 spiro atoms. The molecular weight excluding hydrogens is 296 g/mol. The molecule has 1 aromatic rings. The van der Waals surface area contributed by atoms with Crippen LogP contribution < -0.4 is 0 Å². The Morgan fingerprint density at radius 2 is 2.18 bits per heavy atom. The van der Waals surface area contributed by atoms with E-state index in [-0.39, 0.29) is 36.1 Å². The van der Waals surface area contributed by atoms with Crippen LogP contribution in [0.25, 0.3) is 0 Å². The molecule has 8 heteroatoms. The fourth-order valence-corrected chi connectivity index (χ4v) is 2.45. The van der Waals surface area contributed by atoms with Gasteiger partial charge in [-0.25, -0.2) is 8.78 Å². The molecule has 1 atom stereocenters. The minimum atomic E-state index is -2.95. The number of carbonyl (C=O) groups excluding carboxylic acids is 1. The zero-order valence-corrected chi connectivity index (χ0v) is 13.2. The summed E-state index contributed by atoms with van der Waals surface area (Å²) in [7, 11) is 1.47. The molecule has 1 amide bonds. The van der Waals surface area contributed by atoms with Gasteiger partial charge in [-0.05, 0) is 5.41 Å². The van der Waals surface area contributed by atoms with Crippen LogP contribution in [0.5, 0.6) is 0 Å². The van der Waals surface area contributed by atoms with E-state index in [9.17, 15) is 13.6 Å². The minimum absolute atomic E-state index is 0.0338. The normalized spacial score (nSPS) is 21.4. The fraction of sp³-hybridized carbons (Fsp3) is 0.786. The molecule has 0 N–H and O–H groups in total. The third kappa shape index (κ3) is 4.00. The van der Waals surface area contributed by atoms with E-state index >= 15 is 0 Å². The van der Waals surface area contributed by atoms with Gasteiger partial charge in [-0.1, -0.05) is 25.9 Å². The molecule has 1 aliphatic rings. The first-order valence-corrected chi connectivity index (χ1v) is 7.10. The Hall–Kier alpha value is -1.57. The van der Waals surface area contributed by atoms with Gasteiger partial charge < -0.3 is 14.2 Å². The van der Waals surface area contributed by atoms with Crippen molar-refractivity contribution in [2.24, 2.45) is 5.41 Å². The maximum absolute atomic E-state index is 13.8. The number of hydrogen-bond donors (Lipinski definition) is 0. The second-order valence-corrected chi connectivity index (χ2v) is 6.82. The predicted octanol–water partition coefficient (Wildman–Crippen LogP) is 2.56. The number of likely N-dealkylation sites (tertiary alicyclic amines) is 1. The van der Waals surface area contributed by atoms with Crippen LogP contribution in [-0.4, -0.2) is 40.5 Å². The number of aromatic nitrogens is 2. The molecule has 0 aliphatic carbocycles. The third-order valence-corrected chi connectivity index (χ3v) is 3.31. The Kier molecular flexibility index (Phi) is 4.51. The number of amides is 1. The zero-order chi connectivity index (χ0) is 16.5. The lowest BCUT2D eigenvalue weighted by Crippen LogP contribution is -2.35. The summed E-state index contributed by atoms with van der Waals surface area (Å²) in [5, 5.41) is 3.67. The summed E-state index contributed by atoms with van der Waals surface area (Å²) in [6.45, 7) is 5.17. The molecule has 1 fully saturated rings. The van der Waals surface area contributed by atoms with Gasteiger partial charge in [0, 0.05) is 20.0 Å². The highest BCUT2D eigenvalue weighted by Gasteiger charge is 2.50. The average Bonchev–Trinajstić information content (AvgIpc) is 2.91. The maximum Gasteiger partial charge on any atom is 0.267 e. The van der Waals surface area contributed by atoms with Gasteiger partial charge in [-0.2, -0.15) is 4.98 Å². The Morgan fingerprint density at radius 3 is 2.77 bits per heavy atom. The lowest BCUT2D eigenvalue weighted by Gasteiger charge is -2.25. The second kappa shape index (κ2) is 5.91. The first-order chi connectivity index (χ1) is 10.1. The molecule has 0 bridgehead atoms. The molecule has 1 aliphatic heterocycles. The van der Waals surface area contributed by atoms with Crippen molar-refractivity contribution in [3.63, 3.8) is 0 Å². The van der Waals surface area contributed by atoms with Crippen LogP contribution in [0.2, 0.25) is 0 Å². The standard InChI is InChI=1S/C14H21F2N3O3/c1-13(2,3)6-11(20)19-8-14(15,16)5-9(19)12-17-10(7-21-4)18-22-12/h9H,5-8H2,1-4H3/t9-/m0/s1. The van der Waals surface area contributed by atoms with Gasteiger partial charge >= 0.3 is 0 Å². The van der Waals surface area contributed by atoms with E-state index in [1.54, 1.807) is 0 Å². The Morgan fingerprint density at radius 1 is 1.50 bits per heavy atom. The smallest absolute Gasteiger partial charge is 0.267 e. The van der Waals surface area contributed by atoms with E-state index in [2.05, 4.69) is 10.1 Å². The van der Waals surface area contributed by atoms with E-state index in [0.717, 1.165) is 4.90 Å². The van der Waals surface area contributed by atoms with Crippen LogP contribution >= 0.6 is 0 Å². The van der Waals surface area contributed by atoms with Crippen LogP contribution in [0.15, 0.2) is 4.52 Å². The topological polar surface area (TPSA) is 68.5 Å². The summed E-state index contributed by atoms with van der Waals surface area (Å²) in [6.07, 6.45) is -0.323. The quantitative estimate of drug-likeness (QED) is 0.853. The summed E-state index contributed by atoms with van der Waals surface area (Å²) >= 11 is 0. The third-order valence-electron chi connectivity index (χ3n) is 3.31. The van der Waals surface area contributed by atoms with Crippen LogP contribution in [0.4, 0.5) is 8.78 Å². The average molecular weight is 317 g/mol. The van der Waals surface area contributed by atoms with E-state index in [1.165, 1.54) is 7.11 Å². The SMILES string of the molecule is COCc1noc([C@@H]2CC(F)(F)CN2C(=O)CC(C)(C)C)n1. The molecule has 2 heterocycles. The van der Waals surface area contributed by atoms with Crippen molar-refractivity contribution in [2.75, 3.05) is 13.7 Å². The Labute approximate surface area is 127 Å². The first-order valence-electron chi connectivity index (χ1n) is 7.10. The molecule has 2 rings (SSSR count). The molecule has 0 unspecified atom stereocenters. The molecular formula is C14H21F2N3O3. The minimum Gasteiger partial charge on any atom is -0.377 e. The van der Waals surface area contributed by atoms with Crippen molar-refractivity contribution in [1.29, 1.82) is 0 Å². The van der Waals surface area contributed by atoms with Gasteiger partial charge in [0.05, 0.1) is 6.54 Å². The van der Waals surface area contributed by atoms with Crippen LogP contribution in [-0.2, 0) is 16.1 Å². The maximum atomic E-state index is 13.8. The number of halogens is 2. The Bertz CT molecular complexity index is 540. The number of nitrogens with zero attached hydrogens (tertiary/aromatic N) is 3. The highest BCUT2D eigenvalue weighted by molar-refractivity contribution is 5.77. The number of carbonyl (C=O) groups is 1. The van der Waals surface area contributed by atoms with Gasteiger partial charge in [0.1, 0.15) is 12.6 Å². The number of hydrogen-bond acceptors (Lipinski definition) is 5. The predicted molar refractivity (Wildman–Crippen MR) is 73.1 cm³/mol. The molecule has 6 nitrogen and oxygen atoms in total. The first kappa shape index (κ1) is 16.8. The largest absolute Gasteiger partial charge is 0.377 e. The van der Waals surface area contributed by atoms with Crippen molar-refractivity contribution in [1.82, 2.24) is 15.0 Å². The molecule has 1 saturated heterocycles. The summed E-state index contributed by atoms with van der Waals surface area (Å²) in [5.74, 6) is -2.97. The summed E-state index contributed by atoms with van der Waals surface area (Å²) in [6, 6.07) is -0.886. The number of alkyl halides is 2. The zero-order valence-electron chi connectivity index (χ0n) is 13.2. The number of rotatable bonds is 4. The van der Waals surface area contributed by atoms with Crippen molar-refractivity contribution in [3.8, 4) is 0 Å². The number of methoxy groups -OCH3 is 1. The molecule has 0 saturated carbocycles. The van der Waals surface area contributed by atoms with Gasteiger partial charge in [0.2, 0.25) is 11.8 Å². The van der Waals surface area contributed by atoms with E-state index in [4.69, 9.17) is 9.26 Å². The van der Waals surface area contributed by atoms with Gasteiger partial charge in [-0.3, -0.25) is 4.79 Å². The molecule has 1 aromatic heterocycles. The summed E-state index contributed by atoms with van der Waals surface area (Å²) < 4.78 is 37.4. The molecule has 0 radical (unpaired) electrons. The highest BCUT2D eigenvalue weighted by atomic mass is 19.3. The molecule has 124 valence electrons. The fourth-order valence-electron chi connectivity index (χ4n) is 2.45. The second-order valence-electron chi connectivity index (χ2n) is 6.82. The highest BCUT2D eigenvalue weighted by Crippen LogP contribution is 2.41. The summed E-state index contributed by atoms with van der Waals surface area (Å²) in [5.41, 5.74) is -0.282. The van der Waals surface area contributed by atoms with Crippen molar-refractivity contribution < 1.29 is 22.8 Å². The lowest BCUT2D eigenvalue weighted by atomic mass is 9.91. The van der Waals surface area contributed by atoms with Crippen molar-refractivity contribution in [2.45, 2.75) is 52.2 Å². The van der Waals surface area contributed by atoms with Crippen LogP contribution in [0.3, 0.4) is 0 Å². The summed E-state index contributed by atoms with van der Waals surface area (Å²) in [4.78, 5) is 17.5. The van der Waals surface area contributed by atoms with Gasteiger partial charge in [0.15, 0.2) is 5.82 Å². The van der Waals surface area contributed by atoms with E-state index < -0.39 is 24.9 Å². The van der Waals surface area contributed by atoms with E-state index in [0.29, 0.717) is 0 Å². The van der Waals surface area contributed by atoms with Crippen LogP contribution in [0, 0.1) is 5.41 Å². The Balaban J connectivity index is 2.20. The monoisotopic (exact) mass is 317 g/mol. The lowest BCUT2D eigenvalue weighted by molar-refractivity contribution is -0.135. The van der Waals surface area contributed by atoms with E-state index in [1.807, 2.05) is 20.8 Å². The van der Waals surface area contributed by atoms with Crippen molar-refractivity contribution in [3.05, 3.63) is 11.7 Å². The van der Waals surface area contributed by atoms with Gasteiger partial charge in [0.25, 0.3) is 5.92 Å². The number of ether oxygens (including phenoxy) is 1. The van der Waals surface area contributed by atoms with Gasteiger partial charge in [-0.15, -0.1) is 0 Å².